The smallest absolute Gasteiger partial charge is 0.257 e. The lowest BCUT2D eigenvalue weighted by atomic mass is 10.1. The number of hydrogen-bond acceptors (Lipinski definition) is 8. The van der Waals surface area contributed by atoms with Crippen LogP contribution in [0.25, 0.3) is 11.3 Å². The molecule has 0 unspecified atom stereocenters. The Morgan fingerprint density at radius 3 is 1.69 bits per heavy atom. The highest BCUT2D eigenvalue weighted by atomic mass is 32.1. The number of nitrogens with zero attached hydrogens (tertiary/aromatic N) is 3. The Morgan fingerprint density at radius 1 is 0.711 bits per heavy atom. The van der Waals surface area contributed by atoms with Gasteiger partial charge in [-0.3, -0.25) is 20.2 Å². The number of anilines is 4. The number of carbonyl (C=O) groups is 2. The van der Waals surface area contributed by atoms with E-state index in [-0.39, 0.29) is 22.0 Å². The minimum atomic E-state index is -0.297. The van der Waals surface area contributed by atoms with Crippen molar-refractivity contribution in [3.63, 3.8) is 0 Å². The normalized spacial score (nSPS) is 10.5. The fraction of sp³-hybridized carbons (Fsp3) is 0.242. The second-order valence-electron chi connectivity index (χ2n) is 9.87. The summed E-state index contributed by atoms with van der Waals surface area (Å²) in [6.45, 7) is 12.0. The van der Waals surface area contributed by atoms with E-state index in [0.717, 1.165) is 48.8 Å². The first kappa shape index (κ1) is 33.5. The van der Waals surface area contributed by atoms with Gasteiger partial charge < -0.3 is 20.4 Å². The van der Waals surface area contributed by atoms with Crippen molar-refractivity contribution in [1.82, 2.24) is 15.6 Å². The summed E-state index contributed by atoms with van der Waals surface area (Å²) in [5.74, 6) is -0.585. The topological polar surface area (TPSA) is 102 Å². The van der Waals surface area contributed by atoms with Gasteiger partial charge in [0, 0.05) is 65.3 Å². The number of thiocarbonyl (C=S) groups is 2. The summed E-state index contributed by atoms with van der Waals surface area (Å²) in [4.78, 5) is 34.5. The molecule has 1 aromatic heterocycles. The van der Waals surface area contributed by atoms with Crippen LogP contribution < -0.4 is 31.1 Å². The van der Waals surface area contributed by atoms with Gasteiger partial charge in [0.15, 0.2) is 15.4 Å². The van der Waals surface area contributed by atoms with Gasteiger partial charge in [-0.05, 0) is 113 Å². The van der Waals surface area contributed by atoms with E-state index >= 15 is 0 Å². The van der Waals surface area contributed by atoms with Crippen LogP contribution in [0, 0.1) is 0 Å². The fourth-order valence-electron chi connectivity index (χ4n) is 4.69. The van der Waals surface area contributed by atoms with Gasteiger partial charge in [-0.15, -0.1) is 11.3 Å². The lowest BCUT2D eigenvalue weighted by Gasteiger charge is -2.21. The van der Waals surface area contributed by atoms with E-state index in [9.17, 15) is 9.59 Å². The van der Waals surface area contributed by atoms with Crippen LogP contribution in [0.5, 0.6) is 0 Å². The summed E-state index contributed by atoms with van der Waals surface area (Å²) >= 11 is 12.1. The van der Waals surface area contributed by atoms with E-state index in [2.05, 4.69) is 63.7 Å². The Morgan fingerprint density at radius 2 is 1.20 bits per heavy atom. The molecule has 0 aliphatic carbocycles. The van der Waals surface area contributed by atoms with Crippen molar-refractivity contribution in [2.45, 2.75) is 27.7 Å². The lowest BCUT2D eigenvalue weighted by molar-refractivity contribution is 0.0969. The van der Waals surface area contributed by atoms with Crippen molar-refractivity contribution < 1.29 is 9.59 Å². The van der Waals surface area contributed by atoms with Crippen LogP contribution in [0.2, 0.25) is 0 Å². The quantitative estimate of drug-likeness (QED) is 0.130. The molecular weight excluding hydrogens is 623 g/mol. The zero-order valence-electron chi connectivity index (χ0n) is 25.7. The third kappa shape index (κ3) is 9.07. The van der Waals surface area contributed by atoms with Gasteiger partial charge in [-0.25, -0.2) is 4.98 Å². The molecule has 0 saturated carbocycles. The number of hydrogen-bond donors (Lipinski definition) is 4. The summed E-state index contributed by atoms with van der Waals surface area (Å²) in [7, 11) is 0. The first-order valence-electron chi connectivity index (χ1n) is 14.7. The van der Waals surface area contributed by atoms with Crippen LogP contribution in [0.3, 0.4) is 0 Å². The van der Waals surface area contributed by atoms with E-state index in [1.54, 1.807) is 24.3 Å². The van der Waals surface area contributed by atoms with Crippen molar-refractivity contribution in [3.8, 4) is 11.3 Å². The van der Waals surface area contributed by atoms with Gasteiger partial charge in [-0.2, -0.15) is 0 Å². The molecule has 1 heterocycles. The van der Waals surface area contributed by atoms with E-state index in [1.807, 2.05) is 53.9 Å². The van der Waals surface area contributed by atoms with E-state index in [4.69, 9.17) is 24.4 Å². The number of benzene rings is 3. The molecule has 4 rings (SSSR count). The molecule has 3 aromatic carbocycles. The second-order valence-corrected chi connectivity index (χ2v) is 11.5. The predicted octanol–water partition coefficient (Wildman–Crippen LogP) is 6.76. The first-order chi connectivity index (χ1) is 21.7. The Hall–Kier alpha value is -4.39. The monoisotopic (exact) mass is 659 g/mol. The third-order valence-electron chi connectivity index (χ3n) is 7.11. The number of nitrogens with one attached hydrogen (secondary N) is 4. The minimum Gasteiger partial charge on any atom is -0.372 e. The van der Waals surface area contributed by atoms with Crippen LogP contribution in [0.4, 0.5) is 22.2 Å². The Labute approximate surface area is 279 Å². The Balaban J connectivity index is 1.31. The van der Waals surface area contributed by atoms with Gasteiger partial charge in [0.2, 0.25) is 0 Å². The van der Waals surface area contributed by atoms with Gasteiger partial charge in [0.1, 0.15) is 0 Å². The maximum Gasteiger partial charge on any atom is 0.257 e. The average molecular weight is 660 g/mol. The second kappa shape index (κ2) is 16.1. The van der Waals surface area contributed by atoms with Crippen molar-refractivity contribution >= 4 is 80.0 Å². The molecule has 4 N–H and O–H groups in total. The van der Waals surface area contributed by atoms with Gasteiger partial charge in [0.25, 0.3) is 11.8 Å². The van der Waals surface area contributed by atoms with E-state index in [1.165, 1.54) is 11.3 Å². The molecule has 0 spiro atoms. The van der Waals surface area contributed by atoms with Gasteiger partial charge >= 0.3 is 0 Å². The molecular formula is C33H37N7O2S3. The van der Waals surface area contributed by atoms with Crippen molar-refractivity contribution in [1.29, 1.82) is 0 Å². The summed E-state index contributed by atoms with van der Waals surface area (Å²) in [6.07, 6.45) is 0. The maximum absolute atomic E-state index is 12.7. The predicted molar refractivity (Wildman–Crippen MR) is 195 cm³/mol. The van der Waals surface area contributed by atoms with Crippen LogP contribution >= 0.6 is 35.8 Å². The molecule has 0 radical (unpaired) electrons. The summed E-state index contributed by atoms with van der Waals surface area (Å²) in [5.41, 5.74) is 5.43. The maximum atomic E-state index is 12.7. The molecule has 4 aromatic rings. The fourth-order valence-corrected chi connectivity index (χ4v) is 5.87. The zero-order valence-corrected chi connectivity index (χ0v) is 28.2. The molecule has 0 saturated heterocycles. The molecule has 0 bridgehead atoms. The number of aromatic nitrogens is 1. The highest BCUT2D eigenvalue weighted by Gasteiger charge is 2.13. The highest BCUT2D eigenvalue weighted by Crippen LogP contribution is 2.27. The van der Waals surface area contributed by atoms with Crippen molar-refractivity contribution in [2.24, 2.45) is 0 Å². The third-order valence-corrected chi connectivity index (χ3v) is 8.28. The SMILES string of the molecule is CCN(CC)c1ccc(C(=O)NC(=S)Nc2cccc(-c3csc(NC(=S)NC(=O)c4ccc(N(CC)CC)cc4)n3)c2)cc1. The molecule has 45 heavy (non-hydrogen) atoms. The van der Waals surface area contributed by atoms with E-state index < -0.39 is 0 Å². The summed E-state index contributed by atoms with van der Waals surface area (Å²) in [5, 5.41) is 14.3. The summed E-state index contributed by atoms with van der Waals surface area (Å²) in [6, 6.07) is 22.4. The molecule has 0 aliphatic heterocycles. The largest absolute Gasteiger partial charge is 0.372 e. The molecule has 0 aliphatic rings. The van der Waals surface area contributed by atoms with Crippen molar-refractivity contribution in [2.75, 3.05) is 46.6 Å². The first-order valence-corrected chi connectivity index (χ1v) is 16.4. The number of rotatable bonds is 11. The molecule has 2 amide bonds. The van der Waals surface area contributed by atoms with Crippen molar-refractivity contribution in [3.05, 3.63) is 89.3 Å². The van der Waals surface area contributed by atoms with Crippen LogP contribution in [0.1, 0.15) is 48.4 Å². The lowest BCUT2D eigenvalue weighted by Crippen LogP contribution is -2.34. The van der Waals surface area contributed by atoms with Gasteiger partial charge in [-0.1, -0.05) is 12.1 Å². The number of carbonyl (C=O) groups excluding carboxylic acids is 2. The highest BCUT2D eigenvalue weighted by molar-refractivity contribution is 7.80. The van der Waals surface area contributed by atoms with Gasteiger partial charge in [0.05, 0.1) is 5.69 Å². The number of thiazole rings is 1. The zero-order chi connectivity index (χ0) is 32.3. The summed E-state index contributed by atoms with van der Waals surface area (Å²) < 4.78 is 0. The van der Waals surface area contributed by atoms with E-state index in [0.29, 0.717) is 21.9 Å². The molecule has 0 fully saturated rings. The average Bonchev–Trinajstić information content (AvgIpc) is 3.51. The minimum absolute atomic E-state index is 0.160. The molecule has 234 valence electrons. The van der Waals surface area contributed by atoms with Crippen LogP contribution in [-0.4, -0.2) is 53.2 Å². The molecule has 9 nitrogen and oxygen atoms in total. The van der Waals surface area contributed by atoms with Crippen LogP contribution in [-0.2, 0) is 0 Å². The Kier molecular flexibility index (Phi) is 12.0. The van der Waals surface area contributed by atoms with Crippen LogP contribution in [0.15, 0.2) is 78.2 Å². The molecule has 0 atom stereocenters. The number of amides is 2. The standard InChI is InChI=1S/C33H37N7O2S3/c1-5-39(6-2)26-16-12-22(13-17-26)29(41)36-31(43)34-25-11-9-10-24(20-25)28-21-45-33(35-28)38-32(44)37-30(42)23-14-18-27(19-15-23)40(7-3)8-4/h9-21H,5-8H2,1-4H3,(H2,34,36,41,43)(H2,35,37,38,42,44). The Bertz CT molecular complexity index is 1630. The molecule has 12 heteroatoms.